The van der Waals surface area contributed by atoms with E-state index in [1.54, 1.807) is 6.20 Å². The molecule has 0 saturated heterocycles. The van der Waals surface area contributed by atoms with Crippen molar-refractivity contribution in [2.45, 2.75) is 32.4 Å². The molecule has 0 aliphatic carbocycles. The Morgan fingerprint density at radius 3 is 2.90 bits per heavy atom. The Morgan fingerprint density at radius 2 is 2.30 bits per heavy atom. The zero-order valence-electron chi connectivity index (χ0n) is 12.5. The van der Waals surface area contributed by atoms with Crippen molar-refractivity contribution in [1.82, 2.24) is 15.6 Å². The molecule has 0 saturated carbocycles. The van der Waals surface area contributed by atoms with E-state index in [4.69, 9.17) is 0 Å². The van der Waals surface area contributed by atoms with E-state index in [2.05, 4.69) is 22.2 Å². The van der Waals surface area contributed by atoms with E-state index in [0.717, 1.165) is 24.2 Å². The van der Waals surface area contributed by atoms with E-state index in [-0.39, 0.29) is 12.1 Å². The fraction of sp³-hybridized carbons (Fsp3) is 0.467. The van der Waals surface area contributed by atoms with Gasteiger partial charge in [0, 0.05) is 32.9 Å². The monoisotopic (exact) mass is 276 g/mol. The molecule has 1 rings (SSSR count). The van der Waals surface area contributed by atoms with Gasteiger partial charge in [-0.3, -0.25) is 0 Å². The highest BCUT2D eigenvalue weighted by Crippen LogP contribution is 2.09. The third kappa shape index (κ3) is 5.30. The molecule has 1 aromatic rings. The van der Waals surface area contributed by atoms with Crippen LogP contribution in [0.5, 0.6) is 0 Å². The summed E-state index contributed by atoms with van der Waals surface area (Å²) in [4.78, 5) is 18.0. The van der Waals surface area contributed by atoms with E-state index in [0.29, 0.717) is 6.54 Å². The van der Waals surface area contributed by atoms with Gasteiger partial charge in [0.25, 0.3) is 0 Å². The van der Waals surface area contributed by atoms with Crippen LogP contribution in [0.1, 0.15) is 25.3 Å². The summed E-state index contributed by atoms with van der Waals surface area (Å²) in [6.45, 7) is 6.22. The minimum absolute atomic E-state index is 0.141. The van der Waals surface area contributed by atoms with E-state index in [9.17, 15) is 4.79 Å². The minimum Gasteiger partial charge on any atom is -0.363 e. The van der Waals surface area contributed by atoms with Crippen molar-refractivity contribution in [3.63, 3.8) is 0 Å². The van der Waals surface area contributed by atoms with Gasteiger partial charge in [0.15, 0.2) is 0 Å². The zero-order valence-corrected chi connectivity index (χ0v) is 12.5. The Balaban J connectivity index is 2.48. The van der Waals surface area contributed by atoms with Crippen molar-refractivity contribution in [2.24, 2.45) is 0 Å². The number of urea groups is 1. The van der Waals surface area contributed by atoms with E-state index >= 15 is 0 Å². The van der Waals surface area contributed by atoms with E-state index in [1.807, 2.05) is 44.1 Å². The largest absolute Gasteiger partial charge is 0.363 e. The SMILES string of the molecule is C=CC[C@H](CC)NC(=O)NCc1ccnc(N(C)C)c1. The summed E-state index contributed by atoms with van der Waals surface area (Å²) in [5.41, 5.74) is 1.02. The Labute approximate surface area is 121 Å². The number of nitrogens with zero attached hydrogens (tertiary/aromatic N) is 2. The summed E-state index contributed by atoms with van der Waals surface area (Å²) in [6.07, 6.45) is 5.24. The first-order valence-electron chi connectivity index (χ1n) is 6.84. The summed E-state index contributed by atoms with van der Waals surface area (Å²) in [7, 11) is 3.88. The van der Waals surface area contributed by atoms with Crippen LogP contribution in [0.2, 0.25) is 0 Å². The van der Waals surface area contributed by atoms with Crippen LogP contribution in [-0.4, -0.2) is 31.2 Å². The summed E-state index contributed by atoms with van der Waals surface area (Å²) in [5, 5.41) is 5.79. The third-order valence-corrected chi connectivity index (χ3v) is 3.00. The van der Waals surface area contributed by atoms with Crippen LogP contribution < -0.4 is 15.5 Å². The van der Waals surface area contributed by atoms with E-state index in [1.165, 1.54) is 0 Å². The lowest BCUT2D eigenvalue weighted by Gasteiger charge is -2.16. The molecule has 0 fully saturated rings. The van der Waals surface area contributed by atoms with Gasteiger partial charge in [0.1, 0.15) is 5.82 Å². The van der Waals surface area contributed by atoms with Crippen LogP contribution in [0, 0.1) is 0 Å². The molecule has 2 N–H and O–H groups in total. The lowest BCUT2D eigenvalue weighted by atomic mass is 10.1. The normalized spacial score (nSPS) is 11.6. The molecule has 0 aromatic carbocycles. The first-order chi connectivity index (χ1) is 9.56. The second-order valence-electron chi connectivity index (χ2n) is 4.87. The zero-order chi connectivity index (χ0) is 15.0. The molecule has 20 heavy (non-hydrogen) atoms. The lowest BCUT2D eigenvalue weighted by Crippen LogP contribution is -2.41. The Hall–Kier alpha value is -2.04. The number of rotatable bonds is 7. The number of amides is 2. The van der Waals surface area contributed by atoms with Gasteiger partial charge >= 0.3 is 6.03 Å². The Bertz CT molecular complexity index is 445. The molecule has 110 valence electrons. The fourth-order valence-corrected chi connectivity index (χ4v) is 1.76. The van der Waals surface area contributed by atoms with Crippen LogP contribution in [0.4, 0.5) is 10.6 Å². The highest BCUT2D eigenvalue weighted by Gasteiger charge is 2.08. The molecule has 1 aromatic heterocycles. The number of nitrogens with one attached hydrogen (secondary N) is 2. The first-order valence-corrected chi connectivity index (χ1v) is 6.84. The standard InChI is InChI=1S/C15H24N4O/c1-5-7-13(6-2)18-15(20)17-11-12-8-9-16-14(10-12)19(3)4/h5,8-10,13H,1,6-7,11H2,2-4H3,(H2,17,18,20)/t13-/m0/s1. The molecule has 1 heterocycles. The Morgan fingerprint density at radius 1 is 1.55 bits per heavy atom. The van der Waals surface area contributed by atoms with Crippen molar-refractivity contribution in [1.29, 1.82) is 0 Å². The smallest absolute Gasteiger partial charge is 0.315 e. The van der Waals surface area contributed by atoms with Gasteiger partial charge in [-0.15, -0.1) is 6.58 Å². The molecular weight excluding hydrogens is 252 g/mol. The van der Waals surface area contributed by atoms with Crippen molar-refractivity contribution < 1.29 is 4.79 Å². The Kier molecular flexibility index (Phi) is 6.56. The summed E-state index contributed by atoms with van der Waals surface area (Å²) in [5.74, 6) is 0.878. The maximum atomic E-state index is 11.8. The molecule has 0 bridgehead atoms. The number of pyridine rings is 1. The number of anilines is 1. The number of carbonyl (C=O) groups excluding carboxylic acids is 1. The lowest BCUT2D eigenvalue weighted by molar-refractivity contribution is 0.236. The number of aromatic nitrogens is 1. The van der Waals surface area contributed by atoms with Crippen molar-refractivity contribution in [3.05, 3.63) is 36.5 Å². The number of hydrogen-bond donors (Lipinski definition) is 2. The average Bonchev–Trinajstić information content (AvgIpc) is 2.45. The van der Waals surface area contributed by atoms with Crippen LogP contribution in [-0.2, 0) is 6.54 Å². The molecule has 1 atom stereocenters. The van der Waals surface area contributed by atoms with Crippen molar-refractivity contribution in [2.75, 3.05) is 19.0 Å². The highest BCUT2D eigenvalue weighted by atomic mass is 16.2. The molecule has 0 radical (unpaired) electrons. The first kappa shape index (κ1) is 16.0. The van der Waals surface area contributed by atoms with Crippen LogP contribution in [0.3, 0.4) is 0 Å². The predicted octanol–water partition coefficient (Wildman–Crippen LogP) is 2.30. The molecule has 5 nitrogen and oxygen atoms in total. The summed E-state index contributed by atoms with van der Waals surface area (Å²) < 4.78 is 0. The molecule has 0 aliphatic heterocycles. The fourth-order valence-electron chi connectivity index (χ4n) is 1.76. The topological polar surface area (TPSA) is 57.3 Å². The second-order valence-corrected chi connectivity index (χ2v) is 4.87. The van der Waals surface area contributed by atoms with Gasteiger partial charge in [-0.2, -0.15) is 0 Å². The minimum atomic E-state index is -0.151. The van der Waals surface area contributed by atoms with Crippen LogP contribution in [0.15, 0.2) is 31.0 Å². The third-order valence-electron chi connectivity index (χ3n) is 3.00. The van der Waals surface area contributed by atoms with Gasteiger partial charge in [0.05, 0.1) is 0 Å². The summed E-state index contributed by atoms with van der Waals surface area (Å²) in [6, 6.07) is 3.85. The quantitative estimate of drug-likeness (QED) is 0.751. The van der Waals surface area contributed by atoms with Crippen LogP contribution >= 0.6 is 0 Å². The van der Waals surface area contributed by atoms with Crippen molar-refractivity contribution >= 4 is 11.8 Å². The summed E-state index contributed by atoms with van der Waals surface area (Å²) >= 11 is 0. The maximum absolute atomic E-state index is 11.8. The molecule has 0 unspecified atom stereocenters. The van der Waals surface area contributed by atoms with Gasteiger partial charge in [-0.1, -0.05) is 13.0 Å². The molecular formula is C15H24N4O. The van der Waals surface area contributed by atoms with Gasteiger partial charge < -0.3 is 15.5 Å². The van der Waals surface area contributed by atoms with Gasteiger partial charge in [0.2, 0.25) is 0 Å². The van der Waals surface area contributed by atoms with Gasteiger partial charge in [-0.25, -0.2) is 9.78 Å². The average molecular weight is 276 g/mol. The predicted molar refractivity (Wildman–Crippen MR) is 82.8 cm³/mol. The number of hydrogen-bond acceptors (Lipinski definition) is 3. The van der Waals surface area contributed by atoms with E-state index < -0.39 is 0 Å². The molecule has 2 amide bonds. The van der Waals surface area contributed by atoms with Gasteiger partial charge in [-0.05, 0) is 30.5 Å². The maximum Gasteiger partial charge on any atom is 0.315 e. The molecule has 5 heteroatoms. The second kappa shape index (κ2) is 8.19. The van der Waals surface area contributed by atoms with Crippen molar-refractivity contribution in [3.8, 4) is 0 Å². The molecule has 0 spiro atoms. The van der Waals surface area contributed by atoms with Crippen LogP contribution in [0.25, 0.3) is 0 Å². The number of carbonyl (C=O) groups is 1. The molecule has 0 aliphatic rings. The highest BCUT2D eigenvalue weighted by molar-refractivity contribution is 5.74.